The van der Waals surface area contributed by atoms with Crippen molar-refractivity contribution in [1.29, 1.82) is 0 Å². The van der Waals surface area contributed by atoms with Gasteiger partial charge in [-0.3, -0.25) is 9.59 Å². The average Bonchev–Trinajstić information content (AvgIpc) is 2.73. The van der Waals surface area contributed by atoms with Gasteiger partial charge in [-0.05, 0) is 81.8 Å². The number of hydrogen-bond donors (Lipinski definition) is 1. The molecule has 0 bridgehead atoms. The topological polar surface area (TPSA) is 58.6 Å². The number of aryl methyl sites for hydroxylation is 3. The molecule has 0 aliphatic heterocycles. The number of rotatable bonds is 9. The Morgan fingerprint density at radius 2 is 1.71 bits per heavy atom. The first-order chi connectivity index (χ1) is 14.6. The third-order valence-corrected chi connectivity index (χ3v) is 5.89. The summed E-state index contributed by atoms with van der Waals surface area (Å²) in [7, 11) is 0. The molecule has 2 aromatic carbocycles. The van der Waals surface area contributed by atoms with Gasteiger partial charge in [0.1, 0.15) is 11.8 Å². The van der Waals surface area contributed by atoms with Crippen LogP contribution in [0.3, 0.4) is 0 Å². The lowest BCUT2D eigenvalue weighted by Gasteiger charge is -2.30. The molecule has 0 saturated carbocycles. The molecule has 2 atom stereocenters. The molecule has 31 heavy (non-hydrogen) atoms. The maximum absolute atomic E-state index is 13.2. The first kappa shape index (κ1) is 24.4. The van der Waals surface area contributed by atoms with Crippen LogP contribution >= 0.6 is 0 Å². The molecule has 0 heterocycles. The summed E-state index contributed by atoms with van der Waals surface area (Å²) in [4.78, 5) is 27.6. The van der Waals surface area contributed by atoms with Gasteiger partial charge in [-0.25, -0.2) is 0 Å². The van der Waals surface area contributed by atoms with Crippen LogP contribution in [0.15, 0.2) is 36.4 Å². The Balaban J connectivity index is 2.23. The van der Waals surface area contributed by atoms with Gasteiger partial charge in [-0.2, -0.15) is 0 Å². The van der Waals surface area contributed by atoms with Gasteiger partial charge in [0, 0.05) is 12.6 Å². The molecule has 2 aromatic rings. The monoisotopic (exact) mass is 424 g/mol. The Morgan fingerprint density at radius 3 is 2.35 bits per heavy atom. The molecule has 0 fully saturated rings. The zero-order valence-corrected chi connectivity index (χ0v) is 19.9. The standard InChI is InChI=1S/C26H36N2O3/c1-8-20(5)27-26(30)22(7)28(15-23-12-10-9-11-18(23)3)25(29)16-31-24-14-17(2)13-19(4)21(24)6/h9-14,20,22H,8,15-16H2,1-7H3,(H,27,30). The Hall–Kier alpha value is -2.82. The largest absolute Gasteiger partial charge is 0.483 e. The molecule has 0 saturated heterocycles. The van der Waals surface area contributed by atoms with Gasteiger partial charge in [0.15, 0.2) is 6.61 Å². The molecule has 0 aromatic heterocycles. The summed E-state index contributed by atoms with van der Waals surface area (Å²) < 4.78 is 5.92. The van der Waals surface area contributed by atoms with Gasteiger partial charge in [0.2, 0.25) is 5.91 Å². The van der Waals surface area contributed by atoms with E-state index in [1.807, 2.05) is 71.9 Å². The van der Waals surface area contributed by atoms with Crippen molar-refractivity contribution in [2.24, 2.45) is 0 Å². The van der Waals surface area contributed by atoms with Gasteiger partial charge in [0.05, 0.1) is 0 Å². The number of ether oxygens (including phenoxy) is 1. The van der Waals surface area contributed by atoms with Crippen molar-refractivity contribution in [1.82, 2.24) is 10.2 Å². The molecular weight excluding hydrogens is 388 g/mol. The number of carbonyl (C=O) groups is 2. The van der Waals surface area contributed by atoms with Gasteiger partial charge < -0.3 is 15.0 Å². The molecule has 0 spiro atoms. The molecule has 2 rings (SSSR count). The number of amides is 2. The first-order valence-corrected chi connectivity index (χ1v) is 11.0. The smallest absolute Gasteiger partial charge is 0.261 e. The van der Waals surface area contributed by atoms with Gasteiger partial charge in [-0.1, -0.05) is 37.3 Å². The highest BCUT2D eigenvalue weighted by Gasteiger charge is 2.27. The molecule has 168 valence electrons. The van der Waals surface area contributed by atoms with Crippen molar-refractivity contribution in [3.05, 3.63) is 64.2 Å². The fourth-order valence-electron chi connectivity index (χ4n) is 3.39. The Kier molecular flexibility index (Phi) is 8.66. The highest BCUT2D eigenvalue weighted by Crippen LogP contribution is 2.23. The van der Waals surface area contributed by atoms with Crippen molar-refractivity contribution in [3.63, 3.8) is 0 Å². The molecule has 0 radical (unpaired) electrons. The second-order valence-electron chi connectivity index (χ2n) is 8.44. The van der Waals surface area contributed by atoms with Crippen LogP contribution in [0.1, 0.15) is 55.0 Å². The van der Waals surface area contributed by atoms with E-state index in [-0.39, 0.29) is 24.5 Å². The maximum Gasteiger partial charge on any atom is 0.261 e. The van der Waals surface area contributed by atoms with Crippen LogP contribution in [0.4, 0.5) is 0 Å². The minimum absolute atomic E-state index is 0.0551. The molecule has 2 unspecified atom stereocenters. The number of hydrogen-bond acceptors (Lipinski definition) is 3. The number of nitrogens with zero attached hydrogens (tertiary/aromatic N) is 1. The second-order valence-corrected chi connectivity index (χ2v) is 8.44. The summed E-state index contributed by atoms with van der Waals surface area (Å²) in [5, 5.41) is 2.99. The minimum atomic E-state index is -0.606. The SMILES string of the molecule is CCC(C)NC(=O)C(C)N(Cc1ccccc1C)C(=O)COc1cc(C)cc(C)c1C. The van der Waals surface area contributed by atoms with E-state index >= 15 is 0 Å². The third kappa shape index (κ3) is 6.58. The Labute approximate surface area is 186 Å². The van der Waals surface area contributed by atoms with E-state index in [2.05, 4.69) is 11.4 Å². The number of nitrogens with one attached hydrogen (secondary N) is 1. The van der Waals surface area contributed by atoms with Crippen molar-refractivity contribution in [2.45, 2.75) is 73.5 Å². The molecule has 5 heteroatoms. The summed E-state index contributed by atoms with van der Waals surface area (Å²) in [5.41, 5.74) is 5.33. The summed E-state index contributed by atoms with van der Waals surface area (Å²) in [6.07, 6.45) is 0.833. The molecule has 0 aliphatic carbocycles. The molecule has 0 aliphatic rings. The molecule has 2 amide bonds. The predicted molar refractivity (Wildman–Crippen MR) is 125 cm³/mol. The van der Waals surface area contributed by atoms with E-state index in [1.54, 1.807) is 11.8 Å². The highest BCUT2D eigenvalue weighted by atomic mass is 16.5. The minimum Gasteiger partial charge on any atom is -0.483 e. The number of benzene rings is 2. The molecule has 5 nitrogen and oxygen atoms in total. The number of carbonyl (C=O) groups excluding carboxylic acids is 2. The van der Waals surface area contributed by atoms with E-state index in [1.165, 1.54) is 0 Å². The first-order valence-electron chi connectivity index (χ1n) is 11.0. The van der Waals surface area contributed by atoms with E-state index < -0.39 is 6.04 Å². The fraction of sp³-hybridized carbons (Fsp3) is 0.462. The molecular formula is C26H36N2O3. The van der Waals surface area contributed by atoms with E-state index in [0.29, 0.717) is 12.3 Å². The maximum atomic E-state index is 13.2. The van der Waals surface area contributed by atoms with Crippen LogP contribution in [0, 0.1) is 27.7 Å². The van der Waals surface area contributed by atoms with Crippen LogP contribution in [-0.2, 0) is 16.1 Å². The Morgan fingerprint density at radius 1 is 1.03 bits per heavy atom. The normalized spacial score (nSPS) is 12.7. The van der Waals surface area contributed by atoms with Gasteiger partial charge in [-0.15, -0.1) is 0 Å². The lowest BCUT2D eigenvalue weighted by molar-refractivity contribution is -0.142. The van der Waals surface area contributed by atoms with Crippen molar-refractivity contribution in [3.8, 4) is 5.75 Å². The van der Waals surface area contributed by atoms with E-state index in [9.17, 15) is 9.59 Å². The van der Waals surface area contributed by atoms with E-state index in [0.717, 1.165) is 34.2 Å². The quantitative estimate of drug-likeness (QED) is 0.638. The van der Waals surface area contributed by atoms with Gasteiger partial charge in [0.25, 0.3) is 5.91 Å². The lowest BCUT2D eigenvalue weighted by Crippen LogP contribution is -2.50. The van der Waals surface area contributed by atoms with E-state index in [4.69, 9.17) is 4.74 Å². The van der Waals surface area contributed by atoms with Crippen LogP contribution in [0.25, 0.3) is 0 Å². The summed E-state index contributed by atoms with van der Waals surface area (Å²) in [6.45, 7) is 14.0. The van der Waals surface area contributed by atoms with Crippen LogP contribution in [0.5, 0.6) is 5.75 Å². The lowest BCUT2D eigenvalue weighted by atomic mass is 10.1. The van der Waals surface area contributed by atoms with Crippen LogP contribution in [0.2, 0.25) is 0 Å². The summed E-state index contributed by atoms with van der Waals surface area (Å²) >= 11 is 0. The van der Waals surface area contributed by atoms with Crippen molar-refractivity contribution >= 4 is 11.8 Å². The fourth-order valence-corrected chi connectivity index (χ4v) is 3.39. The Bertz CT molecular complexity index is 923. The summed E-state index contributed by atoms with van der Waals surface area (Å²) in [6, 6.07) is 11.4. The summed E-state index contributed by atoms with van der Waals surface area (Å²) in [5.74, 6) is 0.339. The van der Waals surface area contributed by atoms with Gasteiger partial charge >= 0.3 is 0 Å². The second kappa shape index (κ2) is 11.0. The third-order valence-electron chi connectivity index (χ3n) is 5.89. The van der Waals surface area contributed by atoms with Crippen LogP contribution in [-0.4, -0.2) is 35.4 Å². The predicted octanol–water partition coefficient (Wildman–Crippen LogP) is 4.63. The molecule has 1 N–H and O–H groups in total. The van der Waals surface area contributed by atoms with Crippen molar-refractivity contribution in [2.75, 3.05) is 6.61 Å². The van der Waals surface area contributed by atoms with Crippen LogP contribution < -0.4 is 10.1 Å². The highest BCUT2D eigenvalue weighted by molar-refractivity contribution is 5.88. The average molecular weight is 425 g/mol. The van der Waals surface area contributed by atoms with Crippen molar-refractivity contribution < 1.29 is 14.3 Å². The zero-order valence-electron chi connectivity index (χ0n) is 19.9. The zero-order chi connectivity index (χ0) is 23.1.